The van der Waals surface area contributed by atoms with E-state index in [1.807, 2.05) is 86.3 Å². The van der Waals surface area contributed by atoms with Crippen molar-refractivity contribution in [1.29, 1.82) is 0 Å². The van der Waals surface area contributed by atoms with Gasteiger partial charge in [-0.2, -0.15) is 13.2 Å². The van der Waals surface area contributed by atoms with Crippen LogP contribution in [0.25, 0.3) is 55.7 Å². The van der Waals surface area contributed by atoms with Gasteiger partial charge in [0.2, 0.25) is 17.6 Å². The molecule has 19 nitrogen and oxygen atoms in total. The molecule has 6 aromatic carbocycles. The van der Waals surface area contributed by atoms with Crippen LogP contribution < -0.4 is 30.1 Å². The van der Waals surface area contributed by atoms with Gasteiger partial charge < -0.3 is 39.3 Å². The molecule has 3 aromatic heterocycles. The van der Waals surface area contributed by atoms with E-state index in [9.17, 15) is 24.3 Å². The third-order valence-electron chi connectivity index (χ3n) is 16.0. The van der Waals surface area contributed by atoms with Crippen molar-refractivity contribution < 1.29 is 46.9 Å². The Morgan fingerprint density at radius 1 is 0.733 bits per heavy atom. The van der Waals surface area contributed by atoms with Gasteiger partial charge in [-0.1, -0.05) is 56.3 Å². The normalized spacial score (nSPS) is 14.1. The number of imidazole rings is 1. The van der Waals surface area contributed by atoms with E-state index in [0.717, 1.165) is 33.7 Å². The first-order valence-electron chi connectivity index (χ1n) is 28.3. The number of piperazine rings is 2. The number of fused-ring (bicyclic) bond motifs is 3. The van der Waals surface area contributed by atoms with E-state index in [-0.39, 0.29) is 79.0 Å². The second-order valence-electron chi connectivity index (χ2n) is 21.6. The molecule has 0 radical (unpaired) electrons. The van der Waals surface area contributed by atoms with Crippen molar-refractivity contribution in [1.82, 2.24) is 48.9 Å². The lowest BCUT2D eigenvalue weighted by Crippen LogP contribution is -2.50. The van der Waals surface area contributed by atoms with Crippen molar-refractivity contribution in [2.75, 3.05) is 78.0 Å². The van der Waals surface area contributed by atoms with Crippen molar-refractivity contribution in [2.45, 2.75) is 45.8 Å². The SMILES string of the molecule is CCNC(=O)c1nnc(-c2cc(C(C)C)c(O)cc2OC)n1-c1ccc(CN2CCN(C(=O)Cc3ccc(OC(=O)N4CCN(c5ccc(-n6c(=O)n(C)c7ccc8ccc(-c9ccc(OC)nc9)cc8c76)cc5C(F)(F)F)CC4)cc3)CC2)cc1. The van der Waals surface area contributed by atoms with Crippen molar-refractivity contribution in [3.8, 4) is 57.0 Å². The van der Waals surface area contributed by atoms with Crippen LogP contribution in [0.5, 0.6) is 23.1 Å². The summed E-state index contributed by atoms with van der Waals surface area (Å²) in [6.07, 6.45) is -3.61. The molecule has 0 bridgehead atoms. The number of alkyl halides is 3. The lowest BCUT2D eigenvalue weighted by atomic mass is 9.98. The molecule has 5 heterocycles. The number of anilines is 1. The molecule has 0 atom stereocenters. The number of halogens is 3. The van der Waals surface area contributed by atoms with Crippen LogP contribution in [0.4, 0.5) is 23.7 Å². The van der Waals surface area contributed by atoms with Gasteiger partial charge in [-0.25, -0.2) is 14.6 Å². The predicted molar refractivity (Wildman–Crippen MR) is 320 cm³/mol. The molecule has 0 aliphatic carbocycles. The van der Waals surface area contributed by atoms with Gasteiger partial charge in [0.05, 0.1) is 48.5 Å². The number of methoxy groups -OCH3 is 2. The zero-order chi connectivity index (χ0) is 60.6. The summed E-state index contributed by atoms with van der Waals surface area (Å²) in [6, 6.07) is 34.8. The Morgan fingerprint density at radius 3 is 2.08 bits per heavy atom. The minimum Gasteiger partial charge on any atom is -0.508 e. The average molecular weight is 1170 g/mol. The fourth-order valence-electron chi connectivity index (χ4n) is 11.3. The number of nitrogens with zero attached hydrogens (tertiary/aromatic N) is 10. The van der Waals surface area contributed by atoms with Gasteiger partial charge in [-0.3, -0.25) is 28.2 Å². The standard InChI is InChI=1S/C64H64F3N11O8/c1-7-68-61(81)60-71-70-59(50-35-48(39(2)3)54(79)36-55(50)84-5)78(60)45-16-8-41(9-17-45)38-73-24-26-75(27-25-73)57(80)32-40-10-19-47(20-11-40)86-63(83)76-30-28-74(29-31-76)52-22-18-46(34-51(52)64(65,66)67)77-58-49-33-43(44-15-23-56(85-6)69-37-44)13-12-42(49)14-21-53(58)72(4)62(77)82/h8-23,33-37,39,79H,7,24-32,38H2,1-6H3,(H,68,81). The van der Waals surface area contributed by atoms with Gasteiger partial charge >= 0.3 is 18.0 Å². The van der Waals surface area contributed by atoms with Crippen LogP contribution in [0.2, 0.25) is 0 Å². The molecule has 2 aliphatic rings. The molecule has 2 fully saturated rings. The van der Waals surface area contributed by atoms with E-state index in [2.05, 4.69) is 25.4 Å². The number of hydrogen-bond acceptors (Lipinski definition) is 13. The first kappa shape index (κ1) is 58.1. The Kier molecular flexibility index (Phi) is 16.3. The largest absolute Gasteiger partial charge is 0.508 e. The highest BCUT2D eigenvalue weighted by Crippen LogP contribution is 2.41. The van der Waals surface area contributed by atoms with Gasteiger partial charge in [0.15, 0.2) is 5.82 Å². The summed E-state index contributed by atoms with van der Waals surface area (Å²) >= 11 is 0. The minimum absolute atomic E-state index is 0.000405. The Bertz CT molecular complexity index is 4070. The van der Waals surface area contributed by atoms with Crippen LogP contribution in [0.3, 0.4) is 0 Å². The number of aromatic nitrogens is 6. The molecule has 0 unspecified atom stereocenters. The third-order valence-corrected chi connectivity index (χ3v) is 16.0. The van der Waals surface area contributed by atoms with E-state index in [0.29, 0.717) is 90.0 Å². The highest BCUT2D eigenvalue weighted by Gasteiger charge is 2.37. The molecule has 22 heteroatoms. The molecule has 86 heavy (non-hydrogen) atoms. The van der Waals surface area contributed by atoms with Crippen LogP contribution in [0.1, 0.15) is 59.6 Å². The van der Waals surface area contributed by atoms with E-state index in [1.54, 1.807) is 65.2 Å². The zero-order valence-electron chi connectivity index (χ0n) is 48.4. The molecule has 3 amide bonds. The molecule has 0 saturated carbocycles. The number of nitrogens with one attached hydrogen (secondary N) is 1. The molecule has 11 rings (SSSR count). The van der Waals surface area contributed by atoms with Crippen LogP contribution in [0.15, 0.2) is 132 Å². The summed E-state index contributed by atoms with van der Waals surface area (Å²) in [4.78, 5) is 65.6. The van der Waals surface area contributed by atoms with Crippen LogP contribution in [0, 0.1) is 0 Å². The number of phenolic OH excluding ortho intramolecular Hbond substituents is 1. The summed E-state index contributed by atoms with van der Waals surface area (Å²) in [5, 5.41) is 23.7. The molecule has 444 valence electrons. The summed E-state index contributed by atoms with van der Waals surface area (Å²) in [5.41, 5.74) is 4.88. The summed E-state index contributed by atoms with van der Waals surface area (Å²) in [7, 11) is 4.63. The Morgan fingerprint density at radius 2 is 1.42 bits per heavy atom. The third kappa shape index (κ3) is 11.6. The quantitative estimate of drug-likeness (QED) is 0.0986. The monoisotopic (exact) mass is 1170 g/mol. The first-order valence-corrected chi connectivity index (χ1v) is 28.3. The second kappa shape index (κ2) is 24.1. The van der Waals surface area contributed by atoms with Crippen LogP contribution in [-0.4, -0.2) is 140 Å². The Balaban J connectivity index is 0.688. The highest BCUT2D eigenvalue weighted by atomic mass is 19.4. The van der Waals surface area contributed by atoms with E-state index >= 15 is 13.2 Å². The van der Waals surface area contributed by atoms with Gasteiger partial charge in [-0.05, 0) is 107 Å². The lowest BCUT2D eigenvalue weighted by molar-refractivity contribution is -0.137. The molecular weight excluding hydrogens is 1110 g/mol. The lowest BCUT2D eigenvalue weighted by Gasteiger charge is -2.36. The molecule has 2 saturated heterocycles. The number of amides is 3. The maximum absolute atomic E-state index is 15.1. The number of benzene rings is 6. The Hall–Kier alpha value is -9.70. The number of pyridine rings is 1. The number of carbonyl (C=O) groups excluding carboxylic acids is 3. The molecule has 2 aliphatic heterocycles. The van der Waals surface area contributed by atoms with E-state index in [4.69, 9.17) is 14.2 Å². The number of hydrogen-bond donors (Lipinski definition) is 2. The molecule has 2 N–H and O–H groups in total. The van der Waals surface area contributed by atoms with Gasteiger partial charge in [0.25, 0.3) is 5.91 Å². The van der Waals surface area contributed by atoms with E-state index < -0.39 is 23.5 Å². The Labute approximate surface area is 493 Å². The number of aryl methyl sites for hydroxylation is 1. The van der Waals surface area contributed by atoms with Crippen LogP contribution >= 0.6 is 0 Å². The number of rotatable bonds is 15. The summed E-state index contributed by atoms with van der Waals surface area (Å²) in [5.74, 6) is 1.25. The van der Waals surface area contributed by atoms with E-state index in [1.165, 1.54) is 40.4 Å². The molecule has 0 spiro atoms. The molecule has 9 aromatic rings. The topological polar surface area (TPSA) is 195 Å². The number of carbonyl (C=O) groups is 3. The van der Waals surface area contributed by atoms with Crippen molar-refractivity contribution in [3.63, 3.8) is 0 Å². The van der Waals surface area contributed by atoms with Crippen LogP contribution in [-0.2, 0) is 31.0 Å². The average Bonchev–Trinajstić information content (AvgIpc) is 1.77. The zero-order valence-corrected chi connectivity index (χ0v) is 48.4. The van der Waals surface area contributed by atoms with Crippen molar-refractivity contribution in [2.24, 2.45) is 7.05 Å². The first-order chi connectivity index (χ1) is 41.4. The predicted octanol–water partition coefficient (Wildman–Crippen LogP) is 9.61. The molecular formula is C64H64F3N11O8. The fourth-order valence-corrected chi connectivity index (χ4v) is 11.3. The maximum Gasteiger partial charge on any atom is 0.418 e. The van der Waals surface area contributed by atoms with Crippen molar-refractivity contribution >= 4 is 45.4 Å². The summed E-state index contributed by atoms with van der Waals surface area (Å²) < 4.78 is 66.3. The number of aromatic hydroxyl groups is 1. The van der Waals surface area contributed by atoms with Gasteiger partial charge in [-0.15, -0.1) is 10.2 Å². The highest BCUT2D eigenvalue weighted by molar-refractivity contribution is 6.07. The maximum atomic E-state index is 15.1. The fraction of sp³-hybridized carbons (Fsp3) is 0.297. The number of ether oxygens (including phenoxy) is 3. The smallest absolute Gasteiger partial charge is 0.418 e. The van der Waals surface area contributed by atoms with Gasteiger partial charge in [0.1, 0.15) is 17.2 Å². The van der Waals surface area contributed by atoms with Crippen molar-refractivity contribution in [3.05, 3.63) is 166 Å². The summed E-state index contributed by atoms with van der Waals surface area (Å²) in [6.45, 7) is 9.55. The second-order valence-corrected chi connectivity index (χ2v) is 21.6. The minimum atomic E-state index is -4.78. The van der Waals surface area contributed by atoms with Gasteiger partial charge in [0, 0.05) is 113 Å². The number of phenols is 1.